The Morgan fingerprint density at radius 3 is 2.75 bits per heavy atom. The van der Waals surface area contributed by atoms with Crippen LogP contribution in [0.25, 0.3) is 0 Å². The molecule has 92 valence electrons. The maximum Gasteiger partial charge on any atom is 0.225 e. The number of ether oxygens (including phenoxy) is 1. The van der Waals surface area contributed by atoms with Crippen LogP contribution >= 0.6 is 0 Å². The fourth-order valence-electron chi connectivity index (χ4n) is 2.62. The Balaban J connectivity index is 1.87. The second-order valence-corrected chi connectivity index (χ2v) is 4.80. The van der Waals surface area contributed by atoms with Crippen molar-refractivity contribution in [3.63, 3.8) is 0 Å². The van der Waals surface area contributed by atoms with Crippen molar-refractivity contribution in [3.8, 4) is 0 Å². The molecule has 0 bridgehead atoms. The van der Waals surface area contributed by atoms with Gasteiger partial charge in [-0.3, -0.25) is 4.79 Å². The Labute approximate surface area is 97.3 Å². The minimum atomic E-state index is 0.212. The van der Waals surface area contributed by atoms with Crippen molar-refractivity contribution in [2.45, 2.75) is 31.7 Å². The third-order valence-electron chi connectivity index (χ3n) is 3.71. The van der Waals surface area contributed by atoms with Crippen LogP contribution in [0.2, 0.25) is 0 Å². The maximum atomic E-state index is 12.3. The summed E-state index contributed by atoms with van der Waals surface area (Å²) in [5.74, 6) is 0.563. The van der Waals surface area contributed by atoms with E-state index in [1.54, 1.807) is 0 Å². The molecular formula is C12H22N2O2. The highest BCUT2D eigenvalue weighted by molar-refractivity contribution is 5.79. The number of carbonyl (C=O) groups excluding carboxylic acids is 1. The molecule has 0 saturated carbocycles. The predicted molar refractivity (Wildman–Crippen MR) is 62.2 cm³/mol. The van der Waals surface area contributed by atoms with E-state index in [2.05, 4.69) is 5.32 Å². The quantitative estimate of drug-likeness (QED) is 0.750. The van der Waals surface area contributed by atoms with Crippen LogP contribution in [0.3, 0.4) is 0 Å². The molecule has 0 spiro atoms. The first-order chi connectivity index (χ1) is 7.81. The lowest BCUT2D eigenvalue weighted by Crippen LogP contribution is -2.49. The van der Waals surface area contributed by atoms with E-state index in [0.717, 1.165) is 45.6 Å². The second kappa shape index (κ2) is 5.64. The lowest BCUT2D eigenvalue weighted by molar-refractivity contribution is -0.139. The summed E-state index contributed by atoms with van der Waals surface area (Å²) in [4.78, 5) is 14.3. The highest BCUT2D eigenvalue weighted by atomic mass is 16.5. The van der Waals surface area contributed by atoms with Crippen molar-refractivity contribution in [1.82, 2.24) is 10.2 Å². The Kier molecular flexibility index (Phi) is 4.18. The van der Waals surface area contributed by atoms with Gasteiger partial charge in [0.25, 0.3) is 0 Å². The van der Waals surface area contributed by atoms with Gasteiger partial charge in [0, 0.05) is 38.3 Å². The van der Waals surface area contributed by atoms with Gasteiger partial charge >= 0.3 is 0 Å². The van der Waals surface area contributed by atoms with Crippen LogP contribution in [-0.4, -0.2) is 50.2 Å². The van der Waals surface area contributed by atoms with Crippen LogP contribution in [0, 0.1) is 5.92 Å². The lowest BCUT2D eigenvalue weighted by atomic mass is 9.96. The van der Waals surface area contributed by atoms with Gasteiger partial charge in [0.1, 0.15) is 0 Å². The molecule has 4 nitrogen and oxygen atoms in total. The Bertz CT molecular complexity index is 239. The van der Waals surface area contributed by atoms with Gasteiger partial charge in [-0.2, -0.15) is 0 Å². The summed E-state index contributed by atoms with van der Waals surface area (Å²) in [6, 6.07) is 0.484. The van der Waals surface area contributed by atoms with Crippen LogP contribution in [0.5, 0.6) is 0 Å². The third kappa shape index (κ3) is 2.74. The number of likely N-dealkylation sites (tertiary alicyclic amines) is 1. The van der Waals surface area contributed by atoms with Gasteiger partial charge in [0.15, 0.2) is 0 Å². The van der Waals surface area contributed by atoms with Gasteiger partial charge in [0.05, 0.1) is 0 Å². The second-order valence-electron chi connectivity index (χ2n) is 4.80. The number of rotatable bonds is 2. The zero-order valence-corrected chi connectivity index (χ0v) is 10.1. The van der Waals surface area contributed by atoms with E-state index in [4.69, 9.17) is 4.74 Å². The van der Waals surface area contributed by atoms with Gasteiger partial charge in [-0.15, -0.1) is 0 Å². The molecular weight excluding hydrogens is 204 g/mol. The molecule has 4 heteroatoms. The van der Waals surface area contributed by atoms with E-state index in [-0.39, 0.29) is 5.92 Å². The first-order valence-electron chi connectivity index (χ1n) is 6.35. The molecule has 0 aromatic carbocycles. The van der Waals surface area contributed by atoms with Crippen molar-refractivity contribution in [2.24, 2.45) is 5.92 Å². The zero-order chi connectivity index (χ0) is 11.4. The number of amides is 1. The van der Waals surface area contributed by atoms with E-state index in [0.29, 0.717) is 11.9 Å². The van der Waals surface area contributed by atoms with Crippen molar-refractivity contribution >= 4 is 5.91 Å². The number of carbonyl (C=O) groups is 1. The number of nitrogens with one attached hydrogen (secondary N) is 1. The highest BCUT2D eigenvalue weighted by Crippen LogP contribution is 2.20. The third-order valence-corrected chi connectivity index (χ3v) is 3.71. The lowest BCUT2D eigenvalue weighted by Gasteiger charge is -2.35. The molecule has 2 saturated heterocycles. The number of hydrogen-bond donors (Lipinski definition) is 1. The van der Waals surface area contributed by atoms with Gasteiger partial charge in [-0.25, -0.2) is 0 Å². The summed E-state index contributed by atoms with van der Waals surface area (Å²) in [5, 5.41) is 3.27. The van der Waals surface area contributed by atoms with Crippen LogP contribution < -0.4 is 5.32 Å². The number of piperidine rings is 1. The number of nitrogens with zero attached hydrogens (tertiary/aromatic N) is 1. The van der Waals surface area contributed by atoms with E-state index in [1.807, 2.05) is 11.9 Å². The average Bonchev–Trinajstić information content (AvgIpc) is 2.39. The van der Waals surface area contributed by atoms with E-state index in [9.17, 15) is 4.79 Å². The van der Waals surface area contributed by atoms with Crippen molar-refractivity contribution in [1.29, 1.82) is 0 Å². The maximum absolute atomic E-state index is 12.3. The summed E-state index contributed by atoms with van der Waals surface area (Å²) >= 11 is 0. The minimum Gasteiger partial charge on any atom is -0.381 e. The minimum absolute atomic E-state index is 0.212. The van der Waals surface area contributed by atoms with Crippen LogP contribution in [0.4, 0.5) is 0 Å². The van der Waals surface area contributed by atoms with Crippen LogP contribution in [0.15, 0.2) is 0 Å². The summed E-state index contributed by atoms with van der Waals surface area (Å²) in [5.41, 5.74) is 0. The van der Waals surface area contributed by atoms with Crippen molar-refractivity contribution in [3.05, 3.63) is 0 Å². The SMILES string of the molecule is CN[C@H]1CCCN(C(=O)C2CCOCC2)C1. The summed E-state index contributed by atoms with van der Waals surface area (Å²) in [6.45, 7) is 3.32. The molecule has 1 N–H and O–H groups in total. The zero-order valence-electron chi connectivity index (χ0n) is 10.1. The van der Waals surface area contributed by atoms with Crippen molar-refractivity contribution in [2.75, 3.05) is 33.4 Å². The molecule has 1 amide bonds. The molecule has 0 unspecified atom stereocenters. The molecule has 2 rings (SSSR count). The molecule has 0 aromatic heterocycles. The summed E-state index contributed by atoms with van der Waals surface area (Å²) < 4.78 is 5.30. The fourth-order valence-corrected chi connectivity index (χ4v) is 2.62. The molecule has 2 aliphatic heterocycles. The smallest absolute Gasteiger partial charge is 0.225 e. The van der Waals surface area contributed by atoms with Gasteiger partial charge < -0.3 is 15.0 Å². The molecule has 2 fully saturated rings. The van der Waals surface area contributed by atoms with E-state index < -0.39 is 0 Å². The molecule has 2 heterocycles. The summed E-state index contributed by atoms with van der Waals surface area (Å²) in [7, 11) is 1.98. The molecule has 16 heavy (non-hydrogen) atoms. The van der Waals surface area contributed by atoms with Gasteiger partial charge in [-0.1, -0.05) is 0 Å². The summed E-state index contributed by atoms with van der Waals surface area (Å²) in [6.07, 6.45) is 4.12. The standard InChI is InChI=1S/C12H22N2O2/c1-13-11-3-2-6-14(9-11)12(15)10-4-7-16-8-5-10/h10-11,13H,2-9H2,1H3/t11-/m0/s1. The molecule has 0 radical (unpaired) electrons. The normalized spacial score (nSPS) is 28.1. The van der Waals surface area contributed by atoms with E-state index >= 15 is 0 Å². The van der Waals surface area contributed by atoms with E-state index in [1.165, 1.54) is 6.42 Å². The van der Waals surface area contributed by atoms with Crippen LogP contribution in [-0.2, 0) is 9.53 Å². The molecule has 2 aliphatic rings. The Morgan fingerprint density at radius 1 is 1.31 bits per heavy atom. The first-order valence-corrected chi connectivity index (χ1v) is 6.35. The first kappa shape index (κ1) is 11.9. The largest absolute Gasteiger partial charge is 0.381 e. The average molecular weight is 226 g/mol. The Morgan fingerprint density at radius 2 is 2.06 bits per heavy atom. The Hall–Kier alpha value is -0.610. The molecule has 1 atom stereocenters. The number of hydrogen-bond acceptors (Lipinski definition) is 3. The van der Waals surface area contributed by atoms with Crippen LogP contribution in [0.1, 0.15) is 25.7 Å². The predicted octanol–water partition coefficient (Wildman–Crippen LogP) is 0.623. The molecule has 0 aliphatic carbocycles. The fraction of sp³-hybridized carbons (Fsp3) is 0.917. The molecule has 0 aromatic rings. The highest BCUT2D eigenvalue weighted by Gasteiger charge is 2.29. The van der Waals surface area contributed by atoms with Gasteiger partial charge in [-0.05, 0) is 32.7 Å². The van der Waals surface area contributed by atoms with Crippen molar-refractivity contribution < 1.29 is 9.53 Å². The number of likely N-dealkylation sites (N-methyl/N-ethyl adjacent to an activating group) is 1. The van der Waals surface area contributed by atoms with Gasteiger partial charge in [0.2, 0.25) is 5.91 Å². The topological polar surface area (TPSA) is 41.6 Å². The monoisotopic (exact) mass is 226 g/mol.